The second-order valence-electron chi connectivity index (χ2n) is 6.86. The van der Waals surface area contributed by atoms with E-state index < -0.39 is 11.7 Å². The Hall–Kier alpha value is -2.09. The van der Waals surface area contributed by atoms with Crippen molar-refractivity contribution in [1.82, 2.24) is 15.2 Å². The topological polar surface area (TPSA) is 45.2 Å². The molecule has 3 heterocycles. The average molecular weight is 398 g/mol. The van der Waals surface area contributed by atoms with Gasteiger partial charge in [0.2, 0.25) is 0 Å². The molecule has 0 N–H and O–H groups in total. The van der Waals surface area contributed by atoms with Gasteiger partial charge in [-0.2, -0.15) is 13.2 Å². The van der Waals surface area contributed by atoms with Gasteiger partial charge < -0.3 is 9.80 Å². The van der Waals surface area contributed by atoms with Crippen LogP contribution in [-0.4, -0.2) is 41.4 Å². The van der Waals surface area contributed by atoms with E-state index in [0.717, 1.165) is 49.3 Å². The van der Waals surface area contributed by atoms with Crippen molar-refractivity contribution in [2.45, 2.75) is 31.9 Å². The Morgan fingerprint density at radius 1 is 0.889 bits per heavy atom. The predicted molar refractivity (Wildman–Crippen MR) is 97.3 cm³/mol. The first-order chi connectivity index (χ1) is 12.9. The van der Waals surface area contributed by atoms with Crippen LogP contribution in [0.5, 0.6) is 0 Å². The number of aromatic nitrogens is 3. The Morgan fingerprint density at radius 3 is 2.19 bits per heavy atom. The van der Waals surface area contributed by atoms with Crippen LogP contribution in [-0.2, 0) is 19.0 Å². The minimum atomic E-state index is -4.36. The van der Waals surface area contributed by atoms with Crippen LogP contribution in [0.25, 0.3) is 0 Å². The van der Waals surface area contributed by atoms with Crippen LogP contribution in [0.1, 0.15) is 29.5 Å². The summed E-state index contributed by atoms with van der Waals surface area (Å²) < 4.78 is 38.1. The smallest absolute Gasteiger partial charge is 0.353 e. The minimum absolute atomic E-state index is 0.501. The highest BCUT2D eigenvalue weighted by Gasteiger charge is 2.31. The van der Waals surface area contributed by atoms with Crippen LogP contribution < -0.4 is 9.80 Å². The number of pyridine rings is 1. The van der Waals surface area contributed by atoms with Crippen molar-refractivity contribution < 1.29 is 13.2 Å². The third-order valence-corrected chi connectivity index (χ3v) is 5.50. The molecule has 5 nitrogen and oxygen atoms in total. The SMILES string of the molecule is FC(F)(F)c1ccc(N2CCN(c3nnc(Cl)c4c3CCCC4)CC2)nc1. The van der Waals surface area contributed by atoms with Crippen molar-refractivity contribution in [3.63, 3.8) is 0 Å². The minimum Gasteiger partial charge on any atom is -0.353 e. The van der Waals surface area contributed by atoms with Gasteiger partial charge in [-0.1, -0.05) is 11.6 Å². The summed E-state index contributed by atoms with van der Waals surface area (Å²) in [6.45, 7) is 2.76. The van der Waals surface area contributed by atoms with E-state index in [0.29, 0.717) is 37.1 Å². The molecule has 0 amide bonds. The Morgan fingerprint density at radius 2 is 1.56 bits per heavy atom. The average Bonchev–Trinajstić information content (AvgIpc) is 2.68. The summed E-state index contributed by atoms with van der Waals surface area (Å²) in [5.41, 5.74) is 1.58. The van der Waals surface area contributed by atoms with Gasteiger partial charge in [0.1, 0.15) is 5.82 Å². The molecule has 9 heteroatoms. The number of halogens is 4. The van der Waals surface area contributed by atoms with Crippen molar-refractivity contribution in [2.24, 2.45) is 0 Å². The molecular formula is C18H19ClF3N5. The maximum Gasteiger partial charge on any atom is 0.417 e. The maximum absolute atomic E-state index is 12.7. The number of anilines is 2. The molecule has 0 bridgehead atoms. The molecule has 1 aliphatic carbocycles. The molecule has 1 saturated heterocycles. The van der Waals surface area contributed by atoms with Crippen LogP contribution in [0.15, 0.2) is 18.3 Å². The number of fused-ring (bicyclic) bond motifs is 1. The van der Waals surface area contributed by atoms with E-state index in [1.54, 1.807) is 0 Å². The highest BCUT2D eigenvalue weighted by molar-refractivity contribution is 6.30. The molecule has 0 spiro atoms. The van der Waals surface area contributed by atoms with E-state index in [4.69, 9.17) is 11.6 Å². The second-order valence-corrected chi connectivity index (χ2v) is 7.21. The monoisotopic (exact) mass is 397 g/mol. The first-order valence-corrected chi connectivity index (χ1v) is 9.38. The largest absolute Gasteiger partial charge is 0.417 e. The van der Waals surface area contributed by atoms with Gasteiger partial charge in [0.05, 0.1) is 5.56 Å². The summed E-state index contributed by atoms with van der Waals surface area (Å²) in [6, 6.07) is 2.51. The molecule has 144 valence electrons. The predicted octanol–water partition coefficient (Wildman–Crippen LogP) is 3.75. The van der Waals surface area contributed by atoms with Crippen LogP contribution in [0.2, 0.25) is 5.15 Å². The van der Waals surface area contributed by atoms with Gasteiger partial charge in [0.25, 0.3) is 0 Å². The van der Waals surface area contributed by atoms with Gasteiger partial charge in [-0.15, -0.1) is 10.2 Å². The number of alkyl halides is 3. The second kappa shape index (κ2) is 7.14. The van der Waals surface area contributed by atoms with Crippen LogP contribution >= 0.6 is 11.6 Å². The molecule has 1 aliphatic heterocycles. The van der Waals surface area contributed by atoms with E-state index in [1.807, 2.05) is 4.90 Å². The van der Waals surface area contributed by atoms with Gasteiger partial charge in [0, 0.05) is 37.9 Å². The van der Waals surface area contributed by atoms with E-state index in [1.165, 1.54) is 11.6 Å². The Balaban J connectivity index is 1.47. The molecule has 2 aliphatic rings. The molecule has 2 aromatic heterocycles. The van der Waals surface area contributed by atoms with E-state index in [9.17, 15) is 13.2 Å². The van der Waals surface area contributed by atoms with Crippen molar-refractivity contribution in [2.75, 3.05) is 36.0 Å². The molecule has 4 rings (SSSR count). The zero-order valence-electron chi connectivity index (χ0n) is 14.6. The normalized spacial score (nSPS) is 17.8. The lowest BCUT2D eigenvalue weighted by Gasteiger charge is -2.37. The van der Waals surface area contributed by atoms with Crippen LogP contribution in [0, 0.1) is 0 Å². The third-order valence-electron chi connectivity index (χ3n) is 5.20. The lowest BCUT2D eigenvalue weighted by Crippen LogP contribution is -2.47. The zero-order valence-corrected chi connectivity index (χ0v) is 15.4. The number of nitrogens with zero attached hydrogens (tertiary/aromatic N) is 5. The van der Waals surface area contributed by atoms with Crippen LogP contribution in [0.4, 0.5) is 24.8 Å². The molecule has 0 unspecified atom stereocenters. The zero-order chi connectivity index (χ0) is 19.0. The van der Waals surface area contributed by atoms with E-state index in [-0.39, 0.29) is 0 Å². The standard InChI is InChI=1S/C18H19ClF3N5/c19-16-13-3-1-2-4-14(13)17(25-24-16)27-9-7-26(8-10-27)15-6-5-12(11-23-15)18(20,21)22/h5-6,11H,1-4,7-10H2. The van der Waals surface area contributed by atoms with Gasteiger partial charge >= 0.3 is 6.18 Å². The lowest BCUT2D eigenvalue weighted by molar-refractivity contribution is -0.137. The molecule has 2 aromatic rings. The molecule has 27 heavy (non-hydrogen) atoms. The summed E-state index contributed by atoms with van der Waals surface area (Å²) in [5, 5.41) is 8.96. The molecule has 0 saturated carbocycles. The van der Waals surface area contributed by atoms with Gasteiger partial charge in [0.15, 0.2) is 11.0 Å². The summed E-state index contributed by atoms with van der Waals surface area (Å²) in [7, 11) is 0. The van der Waals surface area contributed by atoms with Gasteiger partial charge in [-0.05, 0) is 43.4 Å². The quantitative estimate of drug-likeness (QED) is 0.772. The number of rotatable bonds is 2. The summed E-state index contributed by atoms with van der Waals surface area (Å²) >= 11 is 6.21. The van der Waals surface area contributed by atoms with Crippen molar-refractivity contribution in [1.29, 1.82) is 0 Å². The highest BCUT2D eigenvalue weighted by atomic mass is 35.5. The summed E-state index contributed by atoms with van der Waals surface area (Å²) in [6.07, 6.45) is 0.661. The fourth-order valence-electron chi connectivity index (χ4n) is 3.73. The lowest BCUT2D eigenvalue weighted by atomic mass is 9.93. The van der Waals surface area contributed by atoms with E-state index in [2.05, 4.69) is 20.1 Å². The summed E-state index contributed by atoms with van der Waals surface area (Å²) in [5.74, 6) is 1.46. The molecule has 1 fully saturated rings. The van der Waals surface area contributed by atoms with Crippen molar-refractivity contribution >= 4 is 23.2 Å². The van der Waals surface area contributed by atoms with Gasteiger partial charge in [-0.25, -0.2) is 4.98 Å². The fraction of sp³-hybridized carbons (Fsp3) is 0.500. The Bertz CT molecular complexity index is 817. The molecule has 0 atom stereocenters. The van der Waals surface area contributed by atoms with E-state index >= 15 is 0 Å². The van der Waals surface area contributed by atoms with Crippen molar-refractivity contribution in [3.8, 4) is 0 Å². The van der Waals surface area contributed by atoms with Crippen LogP contribution in [0.3, 0.4) is 0 Å². The third kappa shape index (κ3) is 3.67. The summed E-state index contributed by atoms with van der Waals surface area (Å²) in [4.78, 5) is 8.17. The Kier molecular flexibility index (Phi) is 4.84. The van der Waals surface area contributed by atoms with Crippen molar-refractivity contribution in [3.05, 3.63) is 40.2 Å². The van der Waals surface area contributed by atoms with Gasteiger partial charge in [-0.3, -0.25) is 0 Å². The Labute approximate surface area is 160 Å². The number of piperazine rings is 1. The molecule has 0 radical (unpaired) electrons. The molecular weight excluding hydrogens is 379 g/mol. The molecule has 0 aromatic carbocycles. The number of hydrogen-bond acceptors (Lipinski definition) is 5. The fourth-order valence-corrected chi connectivity index (χ4v) is 3.98. The first kappa shape index (κ1) is 18.3. The maximum atomic E-state index is 12.7. The number of hydrogen-bond donors (Lipinski definition) is 0. The highest BCUT2D eigenvalue weighted by Crippen LogP contribution is 2.33. The first-order valence-electron chi connectivity index (χ1n) is 9.00.